The Bertz CT molecular complexity index is 762. The minimum absolute atomic E-state index is 0.249. The van der Waals surface area contributed by atoms with Gasteiger partial charge in [-0.05, 0) is 36.8 Å². The van der Waals surface area contributed by atoms with Gasteiger partial charge in [-0.3, -0.25) is 0 Å². The molecule has 2 aromatic rings. The number of benzene rings is 2. The van der Waals surface area contributed by atoms with E-state index in [0.29, 0.717) is 18.2 Å². The molecule has 0 saturated carbocycles. The molecule has 0 radical (unpaired) electrons. The normalized spacial score (nSPS) is 11.1. The van der Waals surface area contributed by atoms with Gasteiger partial charge in [0.05, 0.1) is 11.1 Å². The minimum Gasteiger partial charge on any atom is -0.454 e. The van der Waals surface area contributed by atoms with Crippen LogP contribution in [-0.4, -0.2) is 0 Å². The second-order valence-corrected chi connectivity index (χ2v) is 4.51. The van der Waals surface area contributed by atoms with E-state index in [1.807, 2.05) is 0 Å². The lowest BCUT2D eigenvalue weighted by atomic mass is 10.1. The van der Waals surface area contributed by atoms with Crippen LogP contribution in [0.5, 0.6) is 11.5 Å². The average molecular weight is 313 g/mol. The highest BCUT2D eigenvalue weighted by atomic mass is 19.4. The van der Waals surface area contributed by atoms with Crippen molar-refractivity contribution in [2.45, 2.75) is 13.1 Å². The third-order valence-electron chi connectivity index (χ3n) is 2.75. The molecule has 2 aromatic carbocycles. The quantitative estimate of drug-likeness (QED) is 0.734. The van der Waals surface area contributed by atoms with Crippen molar-refractivity contribution in [1.82, 2.24) is 0 Å². The van der Waals surface area contributed by atoms with Gasteiger partial charge in [0.1, 0.15) is 17.6 Å². The lowest BCUT2D eigenvalue weighted by Gasteiger charge is -2.12. The Morgan fingerprint density at radius 2 is 1.68 bits per heavy atom. The van der Waals surface area contributed by atoms with E-state index in [9.17, 15) is 22.0 Å². The number of halogens is 5. The summed E-state index contributed by atoms with van der Waals surface area (Å²) in [5.74, 6) is -2.96. The van der Waals surface area contributed by atoms with Crippen LogP contribution in [0.25, 0.3) is 0 Å². The molecule has 0 atom stereocenters. The summed E-state index contributed by atoms with van der Waals surface area (Å²) in [6.45, 7) is 1.41. The van der Waals surface area contributed by atoms with Crippen LogP contribution in [0.2, 0.25) is 0 Å². The molecule has 0 aliphatic rings. The van der Waals surface area contributed by atoms with E-state index in [0.717, 1.165) is 6.07 Å². The zero-order valence-electron chi connectivity index (χ0n) is 11.1. The van der Waals surface area contributed by atoms with E-state index in [2.05, 4.69) is 0 Å². The van der Waals surface area contributed by atoms with Crippen LogP contribution < -0.4 is 4.74 Å². The molecule has 114 valence electrons. The van der Waals surface area contributed by atoms with Crippen LogP contribution in [0.4, 0.5) is 22.0 Å². The molecular formula is C15H8F5NO. The first-order valence-electron chi connectivity index (χ1n) is 5.96. The molecule has 0 bridgehead atoms. The Kier molecular flexibility index (Phi) is 4.04. The first kappa shape index (κ1) is 15.8. The van der Waals surface area contributed by atoms with Crippen molar-refractivity contribution in [2.75, 3.05) is 0 Å². The van der Waals surface area contributed by atoms with Crippen molar-refractivity contribution in [3.05, 3.63) is 58.7 Å². The van der Waals surface area contributed by atoms with Crippen molar-refractivity contribution in [1.29, 1.82) is 5.26 Å². The number of nitriles is 1. The molecule has 0 unspecified atom stereocenters. The van der Waals surface area contributed by atoms with Gasteiger partial charge in [-0.2, -0.15) is 18.4 Å². The number of hydrogen-bond donors (Lipinski definition) is 0. The second kappa shape index (κ2) is 5.64. The van der Waals surface area contributed by atoms with E-state index >= 15 is 0 Å². The summed E-state index contributed by atoms with van der Waals surface area (Å²) in [4.78, 5) is 0. The lowest BCUT2D eigenvalue weighted by molar-refractivity contribution is -0.137. The molecule has 0 aromatic heterocycles. The van der Waals surface area contributed by atoms with Crippen LogP contribution in [0.3, 0.4) is 0 Å². The first-order chi connectivity index (χ1) is 10.2. The van der Waals surface area contributed by atoms with Crippen LogP contribution in [-0.2, 0) is 6.18 Å². The summed E-state index contributed by atoms with van der Waals surface area (Å²) >= 11 is 0. The maximum absolute atomic E-state index is 13.7. The fourth-order valence-electron chi connectivity index (χ4n) is 1.79. The van der Waals surface area contributed by atoms with Crippen molar-refractivity contribution >= 4 is 0 Å². The SMILES string of the molecule is Cc1cc(Oc2cc(F)c(C#N)cc2F)cc(C(F)(F)F)c1. The Labute approximate surface area is 122 Å². The number of nitrogens with zero attached hydrogens (tertiary/aromatic N) is 1. The van der Waals surface area contributed by atoms with Gasteiger partial charge in [-0.15, -0.1) is 0 Å². The predicted octanol–water partition coefficient (Wildman–Crippen LogP) is 4.96. The Morgan fingerprint density at radius 3 is 2.27 bits per heavy atom. The van der Waals surface area contributed by atoms with E-state index in [1.54, 1.807) is 0 Å². The van der Waals surface area contributed by atoms with Gasteiger partial charge in [-0.25, -0.2) is 8.78 Å². The maximum Gasteiger partial charge on any atom is 0.416 e. The molecule has 0 amide bonds. The molecule has 0 saturated heterocycles. The third kappa shape index (κ3) is 3.34. The summed E-state index contributed by atoms with van der Waals surface area (Å²) in [5, 5.41) is 8.56. The smallest absolute Gasteiger partial charge is 0.416 e. The molecule has 22 heavy (non-hydrogen) atoms. The van der Waals surface area contributed by atoms with Gasteiger partial charge in [0, 0.05) is 6.07 Å². The Hall–Kier alpha value is -2.62. The fraction of sp³-hybridized carbons (Fsp3) is 0.133. The summed E-state index contributed by atoms with van der Waals surface area (Å²) in [6.07, 6.45) is -4.58. The molecule has 2 rings (SSSR count). The van der Waals surface area contributed by atoms with Gasteiger partial charge >= 0.3 is 6.18 Å². The molecule has 0 aliphatic heterocycles. The molecule has 2 nitrogen and oxygen atoms in total. The zero-order chi connectivity index (χ0) is 16.5. The van der Waals surface area contributed by atoms with E-state index in [-0.39, 0.29) is 11.3 Å². The lowest BCUT2D eigenvalue weighted by Crippen LogP contribution is -2.05. The van der Waals surface area contributed by atoms with Crippen LogP contribution in [0.15, 0.2) is 30.3 Å². The highest BCUT2D eigenvalue weighted by molar-refractivity contribution is 5.42. The standard InChI is InChI=1S/C15H8F5NO/c1-8-2-10(15(18,19)20)5-11(3-8)22-14-6-12(16)9(7-21)4-13(14)17/h2-6H,1H3. The summed E-state index contributed by atoms with van der Waals surface area (Å²) < 4.78 is 70.2. The number of rotatable bonds is 2. The third-order valence-corrected chi connectivity index (χ3v) is 2.75. The molecular weight excluding hydrogens is 305 g/mol. The topological polar surface area (TPSA) is 33.0 Å². The molecule has 7 heteroatoms. The average Bonchev–Trinajstić information content (AvgIpc) is 2.41. The molecule has 0 aliphatic carbocycles. The number of ether oxygens (including phenoxy) is 1. The molecule has 0 fully saturated rings. The first-order valence-corrected chi connectivity index (χ1v) is 5.96. The predicted molar refractivity (Wildman–Crippen MR) is 67.3 cm³/mol. The van der Waals surface area contributed by atoms with E-state index in [1.165, 1.54) is 19.1 Å². The van der Waals surface area contributed by atoms with Gasteiger partial charge in [0.2, 0.25) is 0 Å². The van der Waals surface area contributed by atoms with Gasteiger partial charge in [0.15, 0.2) is 11.6 Å². The van der Waals surface area contributed by atoms with Gasteiger partial charge in [0.25, 0.3) is 0 Å². The highest BCUT2D eigenvalue weighted by Gasteiger charge is 2.31. The molecule has 0 heterocycles. The highest BCUT2D eigenvalue weighted by Crippen LogP contribution is 2.34. The summed E-state index contributed by atoms with van der Waals surface area (Å²) in [7, 11) is 0. The largest absolute Gasteiger partial charge is 0.454 e. The van der Waals surface area contributed by atoms with Crippen LogP contribution >= 0.6 is 0 Å². The van der Waals surface area contributed by atoms with E-state index < -0.39 is 34.7 Å². The zero-order valence-corrected chi connectivity index (χ0v) is 11.1. The van der Waals surface area contributed by atoms with Crippen molar-refractivity contribution in [3.8, 4) is 17.6 Å². The van der Waals surface area contributed by atoms with Crippen LogP contribution in [0, 0.1) is 29.9 Å². The van der Waals surface area contributed by atoms with Crippen molar-refractivity contribution in [2.24, 2.45) is 0 Å². The van der Waals surface area contributed by atoms with Crippen molar-refractivity contribution in [3.63, 3.8) is 0 Å². The number of hydrogen-bond acceptors (Lipinski definition) is 2. The van der Waals surface area contributed by atoms with E-state index in [4.69, 9.17) is 10.00 Å². The number of alkyl halides is 3. The minimum atomic E-state index is -4.58. The van der Waals surface area contributed by atoms with Gasteiger partial charge < -0.3 is 4.74 Å². The summed E-state index contributed by atoms with van der Waals surface area (Å²) in [6, 6.07) is 5.52. The Balaban J connectivity index is 2.42. The fourth-order valence-corrected chi connectivity index (χ4v) is 1.79. The van der Waals surface area contributed by atoms with Gasteiger partial charge in [-0.1, -0.05) is 0 Å². The second-order valence-electron chi connectivity index (χ2n) is 4.51. The van der Waals surface area contributed by atoms with Crippen molar-refractivity contribution < 1.29 is 26.7 Å². The molecule has 0 N–H and O–H groups in total. The number of aryl methyl sites for hydroxylation is 1. The maximum atomic E-state index is 13.7. The summed E-state index contributed by atoms with van der Waals surface area (Å²) in [5.41, 5.74) is -1.23. The Morgan fingerprint density at radius 1 is 1.00 bits per heavy atom. The molecule has 0 spiro atoms. The monoisotopic (exact) mass is 313 g/mol. The van der Waals surface area contributed by atoms with Crippen LogP contribution in [0.1, 0.15) is 16.7 Å².